The topological polar surface area (TPSA) is 88.4 Å². The van der Waals surface area contributed by atoms with E-state index in [4.69, 9.17) is 14.7 Å². The van der Waals surface area contributed by atoms with Crippen LogP contribution in [-0.4, -0.2) is 24.6 Å². The highest BCUT2D eigenvalue weighted by Gasteiger charge is 2.18. The van der Waals surface area contributed by atoms with Crippen molar-refractivity contribution in [1.82, 2.24) is 0 Å². The van der Waals surface area contributed by atoms with Crippen LogP contribution in [0.25, 0.3) is 0 Å². The van der Waals surface area contributed by atoms with E-state index in [-0.39, 0.29) is 5.75 Å². The third kappa shape index (κ3) is 5.62. The molecule has 0 radical (unpaired) electrons. The van der Waals surface area contributed by atoms with Crippen LogP contribution in [0.3, 0.4) is 0 Å². The Morgan fingerprint density at radius 1 is 1.24 bits per heavy atom. The molecule has 6 nitrogen and oxygen atoms in total. The number of carbonyl (C=O) groups is 2. The molecular formula is C18H15FN2O4. The van der Waals surface area contributed by atoms with Gasteiger partial charge in [0.25, 0.3) is 5.91 Å². The van der Waals surface area contributed by atoms with Crippen LogP contribution in [0.4, 0.5) is 10.1 Å². The first-order valence-electron chi connectivity index (χ1n) is 7.37. The maximum absolute atomic E-state index is 13.0. The zero-order valence-corrected chi connectivity index (χ0v) is 13.4. The smallest absolute Gasteiger partial charge is 0.344 e. The van der Waals surface area contributed by atoms with Crippen LogP contribution < -0.4 is 10.1 Å². The highest BCUT2D eigenvalue weighted by molar-refractivity contribution is 5.95. The zero-order valence-electron chi connectivity index (χ0n) is 13.4. The van der Waals surface area contributed by atoms with Crippen LogP contribution in [-0.2, 0) is 14.3 Å². The van der Waals surface area contributed by atoms with Crippen LogP contribution in [0.5, 0.6) is 5.75 Å². The number of hydrogen-bond acceptors (Lipinski definition) is 5. The molecule has 0 fully saturated rings. The van der Waals surface area contributed by atoms with E-state index in [1.54, 1.807) is 24.3 Å². The van der Waals surface area contributed by atoms with Crippen LogP contribution in [0.1, 0.15) is 12.5 Å². The van der Waals surface area contributed by atoms with Crippen molar-refractivity contribution in [2.75, 3.05) is 11.9 Å². The minimum absolute atomic E-state index is 0.187. The fourth-order valence-electron chi connectivity index (χ4n) is 1.86. The standard InChI is InChI=1S/C18H15FN2O4/c1-12(18(23)21-15-7-5-13(10-20)6-8-15)25-17(22)11-24-16-4-2-3-14(19)9-16/h2-9,12H,11H2,1H3,(H,21,23)/t12-/m0/s1. The average molecular weight is 342 g/mol. The van der Waals surface area contributed by atoms with Crippen molar-refractivity contribution < 1.29 is 23.5 Å². The van der Waals surface area contributed by atoms with Crippen LogP contribution >= 0.6 is 0 Å². The number of anilines is 1. The summed E-state index contributed by atoms with van der Waals surface area (Å²) in [5.74, 6) is -1.58. The van der Waals surface area contributed by atoms with Crippen molar-refractivity contribution in [2.24, 2.45) is 0 Å². The molecule has 0 heterocycles. The number of nitrogens with zero attached hydrogens (tertiary/aromatic N) is 1. The molecule has 0 saturated heterocycles. The number of hydrogen-bond donors (Lipinski definition) is 1. The lowest BCUT2D eigenvalue weighted by Crippen LogP contribution is -2.31. The van der Waals surface area contributed by atoms with Gasteiger partial charge in [0, 0.05) is 11.8 Å². The summed E-state index contributed by atoms with van der Waals surface area (Å²) in [5.41, 5.74) is 0.940. The summed E-state index contributed by atoms with van der Waals surface area (Å²) in [6, 6.07) is 13.5. The average Bonchev–Trinajstić information content (AvgIpc) is 2.60. The minimum atomic E-state index is -1.04. The monoisotopic (exact) mass is 342 g/mol. The van der Waals surface area contributed by atoms with Crippen molar-refractivity contribution in [3.63, 3.8) is 0 Å². The molecule has 1 N–H and O–H groups in total. The second-order valence-corrected chi connectivity index (χ2v) is 5.06. The van der Waals surface area contributed by atoms with E-state index in [1.165, 1.54) is 25.1 Å². The Morgan fingerprint density at radius 3 is 2.60 bits per heavy atom. The fourth-order valence-corrected chi connectivity index (χ4v) is 1.86. The number of rotatable bonds is 6. The number of amides is 1. The molecule has 25 heavy (non-hydrogen) atoms. The largest absolute Gasteiger partial charge is 0.482 e. The van der Waals surface area contributed by atoms with Gasteiger partial charge in [0.2, 0.25) is 0 Å². The lowest BCUT2D eigenvalue weighted by atomic mass is 10.2. The van der Waals surface area contributed by atoms with E-state index in [1.807, 2.05) is 6.07 Å². The Balaban J connectivity index is 1.81. The Labute approximate surface area is 143 Å². The first-order valence-corrected chi connectivity index (χ1v) is 7.37. The molecule has 0 unspecified atom stereocenters. The molecule has 0 aliphatic rings. The molecule has 0 spiro atoms. The van der Waals surface area contributed by atoms with E-state index < -0.39 is 30.4 Å². The Kier molecular flexibility index (Phi) is 6.07. The lowest BCUT2D eigenvalue weighted by Gasteiger charge is -2.14. The molecule has 2 rings (SSSR count). The van der Waals surface area contributed by atoms with E-state index >= 15 is 0 Å². The predicted molar refractivity (Wildman–Crippen MR) is 87.2 cm³/mol. The number of nitrogens with one attached hydrogen (secondary N) is 1. The van der Waals surface area contributed by atoms with Crippen molar-refractivity contribution in [3.8, 4) is 11.8 Å². The molecular weight excluding hydrogens is 327 g/mol. The van der Waals surface area contributed by atoms with Gasteiger partial charge in [-0.2, -0.15) is 5.26 Å². The summed E-state index contributed by atoms with van der Waals surface area (Å²) in [7, 11) is 0. The van der Waals surface area contributed by atoms with E-state index in [0.29, 0.717) is 11.3 Å². The summed E-state index contributed by atoms with van der Waals surface area (Å²) >= 11 is 0. The van der Waals surface area contributed by atoms with Crippen molar-refractivity contribution >= 4 is 17.6 Å². The highest BCUT2D eigenvalue weighted by Crippen LogP contribution is 2.12. The number of halogens is 1. The van der Waals surface area contributed by atoms with E-state index in [0.717, 1.165) is 6.07 Å². The van der Waals surface area contributed by atoms with Gasteiger partial charge < -0.3 is 14.8 Å². The van der Waals surface area contributed by atoms with Crippen LogP contribution in [0.2, 0.25) is 0 Å². The molecule has 7 heteroatoms. The Hall–Kier alpha value is -3.40. The lowest BCUT2D eigenvalue weighted by molar-refractivity contribution is -0.155. The number of esters is 1. The van der Waals surface area contributed by atoms with Gasteiger partial charge in [0.05, 0.1) is 11.6 Å². The quantitative estimate of drug-likeness (QED) is 0.815. The first-order chi connectivity index (χ1) is 12.0. The third-order valence-electron chi connectivity index (χ3n) is 3.11. The van der Waals surface area contributed by atoms with Crippen molar-refractivity contribution in [1.29, 1.82) is 5.26 Å². The SMILES string of the molecule is C[C@H](OC(=O)COc1cccc(F)c1)C(=O)Nc1ccc(C#N)cc1. The molecule has 128 valence electrons. The van der Waals surface area contributed by atoms with Crippen LogP contribution in [0.15, 0.2) is 48.5 Å². The van der Waals surface area contributed by atoms with Gasteiger partial charge in [-0.1, -0.05) is 6.07 Å². The third-order valence-corrected chi connectivity index (χ3v) is 3.11. The zero-order chi connectivity index (χ0) is 18.2. The summed E-state index contributed by atoms with van der Waals surface area (Å²) in [5, 5.41) is 11.3. The van der Waals surface area contributed by atoms with Gasteiger partial charge in [-0.15, -0.1) is 0 Å². The second kappa shape index (κ2) is 8.45. The van der Waals surface area contributed by atoms with Crippen LogP contribution in [0, 0.1) is 17.1 Å². The van der Waals surface area contributed by atoms with Gasteiger partial charge in [0.1, 0.15) is 11.6 Å². The molecule has 0 saturated carbocycles. The first kappa shape index (κ1) is 17.9. The highest BCUT2D eigenvalue weighted by atomic mass is 19.1. The predicted octanol–water partition coefficient (Wildman–Crippen LogP) is 2.65. The number of benzene rings is 2. The molecule has 0 bridgehead atoms. The van der Waals surface area contributed by atoms with E-state index in [9.17, 15) is 14.0 Å². The van der Waals surface area contributed by atoms with Gasteiger partial charge in [-0.3, -0.25) is 4.79 Å². The number of ether oxygens (including phenoxy) is 2. The molecule has 1 atom stereocenters. The maximum atomic E-state index is 13.0. The molecule has 2 aromatic rings. The molecule has 2 aromatic carbocycles. The Morgan fingerprint density at radius 2 is 1.96 bits per heavy atom. The van der Waals surface area contributed by atoms with E-state index in [2.05, 4.69) is 5.32 Å². The van der Waals surface area contributed by atoms with Gasteiger partial charge >= 0.3 is 5.97 Å². The summed E-state index contributed by atoms with van der Waals surface area (Å²) in [6.07, 6.45) is -1.04. The molecule has 1 amide bonds. The Bertz CT molecular complexity index is 799. The molecule has 0 aliphatic carbocycles. The van der Waals surface area contributed by atoms with Gasteiger partial charge in [-0.25, -0.2) is 9.18 Å². The van der Waals surface area contributed by atoms with Crippen molar-refractivity contribution in [2.45, 2.75) is 13.0 Å². The summed E-state index contributed by atoms with van der Waals surface area (Å²) in [4.78, 5) is 23.7. The van der Waals surface area contributed by atoms with Crippen molar-refractivity contribution in [3.05, 3.63) is 59.9 Å². The van der Waals surface area contributed by atoms with Gasteiger partial charge in [-0.05, 0) is 43.3 Å². The molecule has 0 aromatic heterocycles. The number of nitriles is 1. The maximum Gasteiger partial charge on any atom is 0.344 e. The second-order valence-electron chi connectivity index (χ2n) is 5.06. The summed E-state index contributed by atoms with van der Waals surface area (Å²) < 4.78 is 23.1. The van der Waals surface area contributed by atoms with Gasteiger partial charge in [0.15, 0.2) is 12.7 Å². The summed E-state index contributed by atoms with van der Waals surface area (Å²) in [6.45, 7) is 0.969. The number of carbonyl (C=O) groups excluding carboxylic acids is 2. The minimum Gasteiger partial charge on any atom is -0.482 e. The normalized spacial score (nSPS) is 11.1. The fraction of sp³-hybridized carbons (Fsp3) is 0.167. The molecule has 0 aliphatic heterocycles.